The summed E-state index contributed by atoms with van der Waals surface area (Å²) in [5, 5.41) is 5.09. The number of H-pyrrole nitrogens is 1. The number of nitrogens with zero attached hydrogens (tertiary/aromatic N) is 2. The van der Waals surface area contributed by atoms with Gasteiger partial charge in [0.2, 0.25) is 5.91 Å². The van der Waals surface area contributed by atoms with E-state index in [0.29, 0.717) is 13.0 Å². The van der Waals surface area contributed by atoms with E-state index < -0.39 is 12.1 Å². The van der Waals surface area contributed by atoms with Crippen LogP contribution in [0.5, 0.6) is 0 Å². The minimum Gasteiger partial charge on any atom is -0.342 e. The molecule has 2 rings (SSSR count). The van der Waals surface area contributed by atoms with E-state index in [1.54, 1.807) is 6.92 Å². The maximum absolute atomic E-state index is 12.2. The fourth-order valence-electron chi connectivity index (χ4n) is 2.39. The number of nitrogens with one attached hydrogen (secondary N) is 3. The molecule has 1 aromatic heterocycles. The topological polar surface area (TPSA) is 90.1 Å². The quantitative estimate of drug-likeness (QED) is 0.774. The van der Waals surface area contributed by atoms with Crippen molar-refractivity contribution in [3.05, 3.63) is 30.1 Å². The monoisotopic (exact) mass is 345 g/mol. The number of benzene rings is 1. The number of para-hydroxylation sites is 2. The van der Waals surface area contributed by atoms with Crippen LogP contribution in [-0.2, 0) is 11.2 Å². The number of urea groups is 1. The molecule has 25 heavy (non-hydrogen) atoms. The number of likely N-dealkylation sites (N-methyl/N-ethyl adjacent to an activating group) is 1. The average Bonchev–Trinajstić information content (AvgIpc) is 2.92. The minimum absolute atomic E-state index is 0.325. The number of fused-ring (bicyclic) bond motifs is 1. The number of aromatic nitrogens is 2. The number of carbonyl (C=O) groups excluding carboxylic acids is 2. The number of aromatic amines is 1. The van der Waals surface area contributed by atoms with E-state index in [1.165, 1.54) is 0 Å². The molecule has 136 valence electrons. The SMILES string of the molecule is CC(C(=O)NC(=O)NC(C)(C)C)N(C)CCc1nc2ccccc2[nH]1. The number of hydrogen-bond donors (Lipinski definition) is 3. The number of carbonyl (C=O) groups is 2. The highest BCUT2D eigenvalue weighted by atomic mass is 16.2. The van der Waals surface area contributed by atoms with Gasteiger partial charge in [0.1, 0.15) is 5.82 Å². The largest absolute Gasteiger partial charge is 0.342 e. The summed E-state index contributed by atoms with van der Waals surface area (Å²) in [6, 6.07) is 6.97. The van der Waals surface area contributed by atoms with Gasteiger partial charge in [0, 0.05) is 18.5 Å². The standard InChI is InChI=1S/C18H27N5O2/c1-12(16(24)21-17(25)22-18(2,3)4)23(5)11-10-15-19-13-8-6-7-9-14(13)20-15/h6-9,12H,10-11H2,1-5H3,(H,19,20)(H2,21,22,24,25). The number of rotatable bonds is 5. The molecular formula is C18H27N5O2. The second-order valence-electron chi connectivity index (χ2n) is 7.30. The van der Waals surface area contributed by atoms with Crippen LogP contribution in [0.1, 0.15) is 33.5 Å². The number of imide groups is 1. The summed E-state index contributed by atoms with van der Waals surface area (Å²) >= 11 is 0. The molecule has 0 aliphatic carbocycles. The van der Waals surface area contributed by atoms with Crippen molar-refractivity contribution < 1.29 is 9.59 Å². The Balaban J connectivity index is 1.85. The molecule has 0 aliphatic heterocycles. The van der Waals surface area contributed by atoms with Gasteiger partial charge in [-0.3, -0.25) is 15.0 Å². The van der Waals surface area contributed by atoms with Crippen molar-refractivity contribution in [1.82, 2.24) is 25.5 Å². The van der Waals surface area contributed by atoms with Crippen LogP contribution in [0.4, 0.5) is 4.79 Å². The zero-order chi connectivity index (χ0) is 18.6. The third-order valence-corrected chi connectivity index (χ3v) is 3.91. The molecular weight excluding hydrogens is 318 g/mol. The van der Waals surface area contributed by atoms with Gasteiger partial charge in [0.05, 0.1) is 17.1 Å². The van der Waals surface area contributed by atoms with Crippen LogP contribution in [0.15, 0.2) is 24.3 Å². The van der Waals surface area contributed by atoms with Crippen molar-refractivity contribution in [3.63, 3.8) is 0 Å². The van der Waals surface area contributed by atoms with Crippen LogP contribution < -0.4 is 10.6 Å². The van der Waals surface area contributed by atoms with Gasteiger partial charge in [-0.2, -0.15) is 0 Å². The molecule has 1 unspecified atom stereocenters. The van der Waals surface area contributed by atoms with Crippen molar-refractivity contribution in [3.8, 4) is 0 Å². The molecule has 3 amide bonds. The van der Waals surface area contributed by atoms with Gasteiger partial charge < -0.3 is 10.3 Å². The first kappa shape index (κ1) is 18.9. The molecule has 0 saturated heterocycles. The first-order chi connectivity index (χ1) is 11.7. The molecule has 0 radical (unpaired) electrons. The molecule has 0 bridgehead atoms. The van der Waals surface area contributed by atoms with Gasteiger partial charge in [-0.25, -0.2) is 9.78 Å². The fraction of sp³-hybridized carbons (Fsp3) is 0.500. The summed E-state index contributed by atoms with van der Waals surface area (Å²) in [7, 11) is 1.86. The highest BCUT2D eigenvalue weighted by Crippen LogP contribution is 2.11. The molecule has 3 N–H and O–H groups in total. The third-order valence-electron chi connectivity index (χ3n) is 3.91. The summed E-state index contributed by atoms with van der Waals surface area (Å²) in [5.41, 5.74) is 1.55. The van der Waals surface area contributed by atoms with Crippen LogP contribution in [0, 0.1) is 0 Å². The van der Waals surface area contributed by atoms with E-state index in [0.717, 1.165) is 16.9 Å². The second kappa shape index (κ2) is 7.65. The number of hydrogen-bond acceptors (Lipinski definition) is 4. The Kier molecular flexibility index (Phi) is 5.79. The van der Waals surface area contributed by atoms with Crippen molar-refractivity contribution in [2.45, 2.75) is 45.7 Å². The third kappa shape index (κ3) is 5.56. The van der Waals surface area contributed by atoms with Crippen LogP contribution in [-0.4, -0.2) is 52.0 Å². The van der Waals surface area contributed by atoms with Crippen molar-refractivity contribution in [2.24, 2.45) is 0 Å². The lowest BCUT2D eigenvalue weighted by molar-refractivity contribution is -0.124. The number of amides is 3. The number of imidazole rings is 1. The minimum atomic E-state index is -0.477. The zero-order valence-electron chi connectivity index (χ0n) is 15.5. The Bertz CT molecular complexity index is 714. The summed E-state index contributed by atoms with van der Waals surface area (Å²) < 4.78 is 0. The van der Waals surface area contributed by atoms with E-state index in [2.05, 4.69) is 20.6 Å². The summed E-state index contributed by atoms with van der Waals surface area (Å²) in [6.45, 7) is 8.01. The highest BCUT2D eigenvalue weighted by Gasteiger charge is 2.22. The molecule has 1 heterocycles. The predicted octanol–water partition coefficient (Wildman–Crippen LogP) is 2.05. The Labute approximate surface area is 148 Å². The maximum Gasteiger partial charge on any atom is 0.321 e. The van der Waals surface area contributed by atoms with Crippen LogP contribution in [0.3, 0.4) is 0 Å². The molecule has 2 aromatic rings. The van der Waals surface area contributed by atoms with Gasteiger partial charge >= 0.3 is 6.03 Å². The molecule has 0 aliphatic rings. The van der Waals surface area contributed by atoms with Gasteiger partial charge in [0.25, 0.3) is 0 Å². The fourth-order valence-corrected chi connectivity index (χ4v) is 2.39. The van der Waals surface area contributed by atoms with Gasteiger partial charge in [0.15, 0.2) is 0 Å². The Morgan fingerprint density at radius 3 is 2.60 bits per heavy atom. The van der Waals surface area contributed by atoms with Crippen LogP contribution in [0.25, 0.3) is 11.0 Å². The highest BCUT2D eigenvalue weighted by molar-refractivity contribution is 5.97. The molecule has 7 nitrogen and oxygen atoms in total. The van der Waals surface area contributed by atoms with E-state index in [9.17, 15) is 9.59 Å². The van der Waals surface area contributed by atoms with E-state index in [-0.39, 0.29) is 11.4 Å². The van der Waals surface area contributed by atoms with Crippen LogP contribution in [0.2, 0.25) is 0 Å². The zero-order valence-corrected chi connectivity index (χ0v) is 15.5. The summed E-state index contributed by atoms with van der Waals surface area (Å²) in [4.78, 5) is 33.7. The molecule has 1 atom stereocenters. The van der Waals surface area contributed by atoms with Gasteiger partial charge in [-0.05, 0) is 46.9 Å². The molecule has 7 heteroatoms. The van der Waals surface area contributed by atoms with Crippen LogP contribution >= 0.6 is 0 Å². The Hall–Kier alpha value is -2.41. The maximum atomic E-state index is 12.2. The second-order valence-corrected chi connectivity index (χ2v) is 7.30. The summed E-state index contributed by atoms with van der Waals surface area (Å²) in [5.74, 6) is 0.556. The molecule has 0 fully saturated rings. The Morgan fingerprint density at radius 2 is 1.96 bits per heavy atom. The van der Waals surface area contributed by atoms with E-state index >= 15 is 0 Å². The lowest BCUT2D eigenvalue weighted by Gasteiger charge is -2.25. The Morgan fingerprint density at radius 1 is 1.28 bits per heavy atom. The van der Waals surface area contributed by atoms with E-state index in [1.807, 2.05) is 57.0 Å². The lowest BCUT2D eigenvalue weighted by Crippen LogP contribution is -2.52. The predicted molar refractivity (Wildman–Crippen MR) is 98.3 cm³/mol. The molecule has 0 saturated carbocycles. The summed E-state index contributed by atoms with van der Waals surface area (Å²) in [6.07, 6.45) is 0.691. The van der Waals surface area contributed by atoms with Crippen molar-refractivity contribution >= 4 is 23.0 Å². The smallest absolute Gasteiger partial charge is 0.321 e. The lowest BCUT2D eigenvalue weighted by atomic mass is 10.1. The van der Waals surface area contributed by atoms with Crippen molar-refractivity contribution in [1.29, 1.82) is 0 Å². The normalized spacial score (nSPS) is 13.0. The molecule has 1 aromatic carbocycles. The first-order valence-electron chi connectivity index (χ1n) is 8.42. The van der Waals surface area contributed by atoms with E-state index in [4.69, 9.17) is 0 Å². The van der Waals surface area contributed by atoms with Gasteiger partial charge in [-0.1, -0.05) is 12.1 Å². The average molecular weight is 345 g/mol. The molecule has 0 spiro atoms. The van der Waals surface area contributed by atoms with Gasteiger partial charge in [-0.15, -0.1) is 0 Å². The first-order valence-corrected chi connectivity index (χ1v) is 8.42. The van der Waals surface area contributed by atoms with Crippen molar-refractivity contribution in [2.75, 3.05) is 13.6 Å².